The molecular formula is C19H19N3O3. The van der Waals surface area contributed by atoms with Crippen molar-refractivity contribution >= 4 is 34.1 Å². The van der Waals surface area contributed by atoms with E-state index in [1.54, 1.807) is 43.3 Å². The van der Waals surface area contributed by atoms with Gasteiger partial charge < -0.3 is 20.4 Å². The van der Waals surface area contributed by atoms with E-state index in [0.29, 0.717) is 16.9 Å². The highest BCUT2D eigenvalue weighted by atomic mass is 16.5. The van der Waals surface area contributed by atoms with Crippen LogP contribution in [0.5, 0.6) is 0 Å². The Morgan fingerprint density at radius 2 is 1.80 bits per heavy atom. The summed E-state index contributed by atoms with van der Waals surface area (Å²) in [5.74, 6) is -0.464. The van der Waals surface area contributed by atoms with E-state index in [1.165, 1.54) is 7.11 Å². The first kappa shape index (κ1) is 16.7. The number of ether oxygens (including phenoxy) is 1. The topological polar surface area (TPSA) is 83.2 Å². The number of H-pyrrole nitrogens is 1. The molecule has 0 saturated carbocycles. The number of benzene rings is 2. The standard InChI is InChI=1S/C19H19N3O3/c1-12(25-2)18(23)21-15-4-3-5-16(11-15)22-19(24)14-7-6-13-8-9-20-17(13)10-14/h3-12,20H,1-2H3,(H,21,23)(H,22,24)/t12-/m0/s1. The monoisotopic (exact) mass is 337 g/mol. The number of rotatable bonds is 5. The maximum atomic E-state index is 12.4. The van der Waals surface area contributed by atoms with Crippen molar-refractivity contribution < 1.29 is 14.3 Å². The summed E-state index contributed by atoms with van der Waals surface area (Å²) in [6, 6.07) is 14.4. The van der Waals surface area contributed by atoms with Crippen LogP contribution in [-0.4, -0.2) is 30.0 Å². The second-order valence-electron chi connectivity index (χ2n) is 5.68. The van der Waals surface area contributed by atoms with Crippen molar-refractivity contribution in [2.45, 2.75) is 13.0 Å². The SMILES string of the molecule is CO[C@@H](C)C(=O)Nc1cccc(NC(=O)c2ccc3cc[nH]c3c2)c1. The molecule has 0 fully saturated rings. The molecule has 6 heteroatoms. The summed E-state index contributed by atoms with van der Waals surface area (Å²) in [7, 11) is 1.47. The lowest BCUT2D eigenvalue weighted by atomic mass is 10.1. The van der Waals surface area contributed by atoms with Gasteiger partial charge in [0.1, 0.15) is 6.10 Å². The Bertz CT molecular complexity index is 917. The van der Waals surface area contributed by atoms with Crippen LogP contribution < -0.4 is 10.6 Å². The van der Waals surface area contributed by atoms with Gasteiger partial charge in [0.25, 0.3) is 11.8 Å². The lowest BCUT2D eigenvalue weighted by Crippen LogP contribution is -2.26. The van der Waals surface area contributed by atoms with Crippen LogP contribution in [0.25, 0.3) is 10.9 Å². The minimum absolute atomic E-state index is 0.217. The molecule has 1 atom stereocenters. The Kier molecular flexibility index (Phi) is 4.81. The molecule has 25 heavy (non-hydrogen) atoms. The molecule has 128 valence electrons. The van der Waals surface area contributed by atoms with E-state index in [-0.39, 0.29) is 11.8 Å². The number of methoxy groups -OCH3 is 1. The van der Waals surface area contributed by atoms with Crippen molar-refractivity contribution in [2.24, 2.45) is 0 Å². The molecule has 0 aliphatic heterocycles. The maximum Gasteiger partial charge on any atom is 0.255 e. The lowest BCUT2D eigenvalue weighted by Gasteiger charge is -2.12. The van der Waals surface area contributed by atoms with Gasteiger partial charge in [-0.15, -0.1) is 0 Å². The third-order valence-electron chi connectivity index (χ3n) is 3.93. The van der Waals surface area contributed by atoms with Crippen LogP contribution in [0.3, 0.4) is 0 Å². The molecule has 1 aromatic heterocycles. The first-order valence-corrected chi connectivity index (χ1v) is 7.89. The second-order valence-corrected chi connectivity index (χ2v) is 5.68. The van der Waals surface area contributed by atoms with E-state index in [9.17, 15) is 9.59 Å². The van der Waals surface area contributed by atoms with E-state index >= 15 is 0 Å². The fraction of sp³-hybridized carbons (Fsp3) is 0.158. The summed E-state index contributed by atoms with van der Waals surface area (Å²) in [6.07, 6.45) is 1.28. The summed E-state index contributed by atoms with van der Waals surface area (Å²) in [6.45, 7) is 1.66. The number of amides is 2. The number of aromatic nitrogens is 1. The predicted octanol–water partition coefficient (Wildman–Crippen LogP) is 3.39. The van der Waals surface area contributed by atoms with Gasteiger partial charge in [-0.05, 0) is 48.7 Å². The molecule has 0 radical (unpaired) electrons. The Balaban J connectivity index is 1.72. The van der Waals surface area contributed by atoms with Crippen LogP contribution in [0.2, 0.25) is 0 Å². The van der Waals surface area contributed by atoms with E-state index < -0.39 is 6.10 Å². The van der Waals surface area contributed by atoms with Gasteiger partial charge in [0.2, 0.25) is 0 Å². The highest BCUT2D eigenvalue weighted by molar-refractivity contribution is 6.06. The zero-order valence-corrected chi connectivity index (χ0v) is 14.0. The minimum atomic E-state index is -0.550. The summed E-state index contributed by atoms with van der Waals surface area (Å²) in [4.78, 5) is 27.4. The molecule has 0 bridgehead atoms. The second kappa shape index (κ2) is 7.19. The van der Waals surface area contributed by atoms with Gasteiger partial charge in [-0.25, -0.2) is 0 Å². The Morgan fingerprint density at radius 1 is 1.04 bits per heavy atom. The van der Waals surface area contributed by atoms with Crippen molar-refractivity contribution in [1.29, 1.82) is 0 Å². The van der Waals surface area contributed by atoms with Crippen LogP contribution in [0, 0.1) is 0 Å². The van der Waals surface area contributed by atoms with E-state index in [0.717, 1.165) is 10.9 Å². The third-order valence-corrected chi connectivity index (χ3v) is 3.93. The fourth-order valence-corrected chi connectivity index (χ4v) is 2.42. The Hall–Kier alpha value is -3.12. The molecule has 3 rings (SSSR count). The average Bonchev–Trinajstić information content (AvgIpc) is 3.08. The highest BCUT2D eigenvalue weighted by Gasteiger charge is 2.12. The normalized spacial score (nSPS) is 11.9. The number of nitrogens with one attached hydrogen (secondary N) is 3. The summed E-state index contributed by atoms with van der Waals surface area (Å²) >= 11 is 0. The van der Waals surface area contributed by atoms with Gasteiger partial charge in [-0.2, -0.15) is 0 Å². The van der Waals surface area contributed by atoms with Gasteiger partial charge in [-0.1, -0.05) is 12.1 Å². The number of hydrogen-bond donors (Lipinski definition) is 3. The first-order chi connectivity index (χ1) is 12.1. The highest BCUT2D eigenvalue weighted by Crippen LogP contribution is 2.18. The Morgan fingerprint density at radius 3 is 2.56 bits per heavy atom. The molecule has 0 aliphatic carbocycles. The van der Waals surface area contributed by atoms with Crippen LogP contribution >= 0.6 is 0 Å². The van der Waals surface area contributed by atoms with Gasteiger partial charge in [0.05, 0.1) is 0 Å². The summed E-state index contributed by atoms with van der Waals surface area (Å²) < 4.78 is 4.98. The number of hydrogen-bond acceptors (Lipinski definition) is 3. The third kappa shape index (κ3) is 3.87. The predicted molar refractivity (Wildman–Crippen MR) is 97.8 cm³/mol. The average molecular weight is 337 g/mol. The van der Waals surface area contributed by atoms with Crippen molar-refractivity contribution in [3.8, 4) is 0 Å². The van der Waals surface area contributed by atoms with Gasteiger partial charge in [0.15, 0.2) is 0 Å². The molecule has 3 aromatic rings. The van der Waals surface area contributed by atoms with Crippen LogP contribution in [0.15, 0.2) is 54.7 Å². The van der Waals surface area contributed by atoms with Gasteiger partial charge >= 0.3 is 0 Å². The quantitative estimate of drug-likeness (QED) is 0.667. The van der Waals surface area contributed by atoms with Gasteiger partial charge in [0, 0.05) is 35.8 Å². The number of carbonyl (C=O) groups is 2. The molecule has 6 nitrogen and oxygen atoms in total. The first-order valence-electron chi connectivity index (χ1n) is 7.89. The lowest BCUT2D eigenvalue weighted by molar-refractivity contribution is -0.124. The molecular weight excluding hydrogens is 318 g/mol. The van der Waals surface area contributed by atoms with E-state index in [2.05, 4.69) is 15.6 Å². The molecule has 3 N–H and O–H groups in total. The number of carbonyl (C=O) groups excluding carboxylic acids is 2. The molecule has 2 amide bonds. The van der Waals surface area contributed by atoms with Crippen molar-refractivity contribution in [3.05, 3.63) is 60.3 Å². The van der Waals surface area contributed by atoms with Crippen molar-refractivity contribution in [3.63, 3.8) is 0 Å². The molecule has 1 heterocycles. The zero-order chi connectivity index (χ0) is 17.8. The van der Waals surface area contributed by atoms with Crippen molar-refractivity contribution in [2.75, 3.05) is 17.7 Å². The number of aromatic amines is 1. The van der Waals surface area contributed by atoms with Crippen LogP contribution in [0.4, 0.5) is 11.4 Å². The maximum absolute atomic E-state index is 12.4. The minimum Gasteiger partial charge on any atom is -0.372 e. The zero-order valence-electron chi connectivity index (χ0n) is 14.0. The fourth-order valence-electron chi connectivity index (χ4n) is 2.42. The molecule has 0 saturated heterocycles. The van der Waals surface area contributed by atoms with Crippen LogP contribution in [-0.2, 0) is 9.53 Å². The van der Waals surface area contributed by atoms with Crippen LogP contribution in [0.1, 0.15) is 17.3 Å². The number of anilines is 2. The van der Waals surface area contributed by atoms with E-state index in [1.807, 2.05) is 18.3 Å². The van der Waals surface area contributed by atoms with Gasteiger partial charge in [-0.3, -0.25) is 9.59 Å². The molecule has 2 aromatic carbocycles. The largest absolute Gasteiger partial charge is 0.372 e. The smallest absolute Gasteiger partial charge is 0.255 e. The van der Waals surface area contributed by atoms with E-state index in [4.69, 9.17) is 4.74 Å². The molecule has 0 unspecified atom stereocenters. The number of fused-ring (bicyclic) bond motifs is 1. The molecule has 0 aliphatic rings. The summed E-state index contributed by atoms with van der Waals surface area (Å²) in [5, 5.41) is 6.63. The van der Waals surface area contributed by atoms with Crippen molar-refractivity contribution in [1.82, 2.24) is 4.98 Å². The summed E-state index contributed by atoms with van der Waals surface area (Å²) in [5.41, 5.74) is 2.64. The Labute approximate surface area is 145 Å². The molecule has 0 spiro atoms.